The van der Waals surface area contributed by atoms with Crippen LogP contribution in [0.5, 0.6) is 0 Å². The zero-order chi connectivity index (χ0) is 17.6. The van der Waals surface area contributed by atoms with Crippen LogP contribution in [0.25, 0.3) is 10.9 Å². The van der Waals surface area contributed by atoms with Gasteiger partial charge in [-0.15, -0.1) is 6.42 Å². The molecule has 0 bridgehead atoms. The second-order valence-electron chi connectivity index (χ2n) is 6.48. The van der Waals surface area contributed by atoms with Gasteiger partial charge in [-0.1, -0.05) is 30.2 Å². The van der Waals surface area contributed by atoms with Crippen LogP contribution in [0, 0.1) is 12.3 Å². The number of esters is 1. The third-order valence-corrected chi connectivity index (χ3v) is 5.15. The van der Waals surface area contributed by atoms with Crippen molar-refractivity contribution in [1.29, 1.82) is 0 Å². The Balaban J connectivity index is 2.07. The predicted octanol–water partition coefficient (Wildman–Crippen LogP) is 1.75. The first-order valence-corrected chi connectivity index (χ1v) is 8.23. The van der Waals surface area contributed by atoms with Gasteiger partial charge in [-0.3, -0.25) is 19.1 Å². The number of carbonyl (C=O) groups excluding carboxylic acids is 2. The first-order chi connectivity index (χ1) is 12.1. The number of allylic oxidation sites excluding steroid dienone is 1. The number of fused-ring (bicyclic) bond motifs is 3. The highest BCUT2D eigenvalue weighted by Gasteiger charge is 2.49. The zero-order valence-corrected chi connectivity index (χ0v) is 14.0. The van der Waals surface area contributed by atoms with Crippen LogP contribution in [0.3, 0.4) is 0 Å². The third kappa shape index (κ3) is 2.08. The van der Waals surface area contributed by atoms with Gasteiger partial charge >= 0.3 is 5.97 Å². The van der Waals surface area contributed by atoms with Crippen molar-refractivity contribution in [2.75, 3.05) is 26.7 Å². The van der Waals surface area contributed by atoms with Crippen molar-refractivity contribution < 1.29 is 14.3 Å². The summed E-state index contributed by atoms with van der Waals surface area (Å²) in [5.74, 6) is 2.15. The first-order valence-electron chi connectivity index (χ1n) is 8.23. The molecule has 4 rings (SSSR count). The Kier molecular flexibility index (Phi) is 3.52. The molecule has 0 saturated carbocycles. The summed E-state index contributed by atoms with van der Waals surface area (Å²) in [6.07, 6.45) is 9.39. The Labute approximate surface area is 145 Å². The lowest BCUT2D eigenvalue weighted by Crippen LogP contribution is -2.48. The molecule has 1 aromatic carbocycles. The molecule has 1 atom stereocenters. The standard InChI is InChI=1S/C20H18N2O3/c1-3-11-21-12-9-15-14-6-4-5-7-16(14)22-17(23)8-10-20(13-21,18(15)22)19(24)25-2/h1,4-8,10H,9,11-13H2,2H3/t20-/m0/s1. The van der Waals surface area contributed by atoms with E-state index in [1.807, 2.05) is 24.3 Å². The van der Waals surface area contributed by atoms with E-state index >= 15 is 0 Å². The number of ether oxygens (including phenoxy) is 1. The molecule has 0 unspecified atom stereocenters. The molecule has 5 heteroatoms. The fourth-order valence-corrected chi connectivity index (χ4v) is 4.13. The number of terminal acetylenes is 1. The van der Waals surface area contributed by atoms with Crippen LogP contribution in [0.1, 0.15) is 16.1 Å². The average Bonchev–Trinajstić information content (AvgIpc) is 2.88. The van der Waals surface area contributed by atoms with Crippen LogP contribution in [-0.4, -0.2) is 48.1 Å². The van der Waals surface area contributed by atoms with Crippen LogP contribution in [-0.2, 0) is 21.4 Å². The Morgan fingerprint density at radius 1 is 1.40 bits per heavy atom. The van der Waals surface area contributed by atoms with Crippen LogP contribution >= 0.6 is 0 Å². The van der Waals surface area contributed by atoms with Crippen LogP contribution in [0.15, 0.2) is 36.4 Å². The maximum Gasteiger partial charge on any atom is 0.323 e. The van der Waals surface area contributed by atoms with Gasteiger partial charge in [0.1, 0.15) is 5.41 Å². The second-order valence-corrected chi connectivity index (χ2v) is 6.48. The lowest BCUT2D eigenvalue weighted by atomic mass is 9.80. The molecular formula is C20H18N2O3. The number of rotatable bonds is 2. The molecule has 0 aliphatic carbocycles. The van der Waals surface area contributed by atoms with Gasteiger partial charge in [-0.25, -0.2) is 0 Å². The van der Waals surface area contributed by atoms with Crippen molar-refractivity contribution in [2.45, 2.75) is 11.8 Å². The van der Waals surface area contributed by atoms with E-state index in [4.69, 9.17) is 11.2 Å². The number of para-hydroxylation sites is 1. The molecule has 0 radical (unpaired) electrons. The Hall–Kier alpha value is -2.84. The van der Waals surface area contributed by atoms with Crippen molar-refractivity contribution in [3.63, 3.8) is 0 Å². The Morgan fingerprint density at radius 2 is 2.20 bits per heavy atom. The quantitative estimate of drug-likeness (QED) is 0.620. The van der Waals surface area contributed by atoms with E-state index in [-0.39, 0.29) is 11.9 Å². The maximum absolute atomic E-state index is 12.9. The summed E-state index contributed by atoms with van der Waals surface area (Å²) in [6, 6.07) is 7.78. The number of hydrogen-bond acceptors (Lipinski definition) is 4. The van der Waals surface area contributed by atoms with Gasteiger partial charge in [0.15, 0.2) is 0 Å². The maximum atomic E-state index is 12.9. The molecule has 0 fully saturated rings. The number of aromatic nitrogens is 1. The molecule has 25 heavy (non-hydrogen) atoms. The van der Waals surface area contributed by atoms with Gasteiger partial charge in [0.05, 0.1) is 24.9 Å². The summed E-state index contributed by atoms with van der Waals surface area (Å²) in [5, 5.41) is 1.00. The van der Waals surface area contributed by atoms with Crippen molar-refractivity contribution in [3.8, 4) is 12.3 Å². The zero-order valence-electron chi connectivity index (χ0n) is 14.0. The lowest BCUT2D eigenvalue weighted by molar-refractivity contribution is -0.146. The first kappa shape index (κ1) is 15.7. The predicted molar refractivity (Wildman–Crippen MR) is 94.4 cm³/mol. The van der Waals surface area contributed by atoms with Crippen LogP contribution in [0.2, 0.25) is 0 Å². The highest BCUT2D eigenvalue weighted by Crippen LogP contribution is 2.41. The molecule has 2 aromatic rings. The van der Waals surface area contributed by atoms with Gasteiger partial charge in [-0.2, -0.15) is 0 Å². The Bertz CT molecular complexity index is 963. The third-order valence-electron chi connectivity index (χ3n) is 5.15. The number of nitrogens with zero attached hydrogens (tertiary/aromatic N) is 2. The smallest absolute Gasteiger partial charge is 0.323 e. The summed E-state index contributed by atoms with van der Waals surface area (Å²) >= 11 is 0. The van der Waals surface area contributed by atoms with Gasteiger partial charge < -0.3 is 4.74 Å². The van der Waals surface area contributed by atoms with Crippen molar-refractivity contribution in [2.24, 2.45) is 0 Å². The lowest BCUT2D eigenvalue weighted by Gasteiger charge is -2.34. The molecule has 2 aliphatic rings. The summed E-state index contributed by atoms with van der Waals surface area (Å²) in [4.78, 5) is 27.6. The molecule has 0 amide bonds. The fraction of sp³-hybridized carbons (Fsp3) is 0.300. The van der Waals surface area contributed by atoms with Crippen molar-refractivity contribution in [3.05, 3.63) is 47.7 Å². The minimum absolute atomic E-state index is 0.137. The van der Waals surface area contributed by atoms with E-state index in [2.05, 4.69) is 10.8 Å². The van der Waals surface area contributed by atoms with Crippen molar-refractivity contribution >= 4 is 22.8 Å². The minimum Gasteiger partial charge on any atom is -0.468 e. The van der Waals surface area contributed by atoms with Crippen LogP contribution in [0.4, 0.5) is 0 Å². The summed E-state index contributed by atoms with van der Waals surface area (Å²) in [7, 11) is 1.38. The summed E-state index contributed by atoms with van der Waals surface area (Å²) in [5.41, 5.74) is 1.57. The van der Waals surface area contributed by atoms with E-state index in [0.717, 1.165) is 35.1 Å². The van der Waals surface area contributed by atoms with Crippen molar-refractivity contribution in [1.82, 2.24) is 9.47 Å². The van der Waals surface area contributed by atoms with Gasteiger partial charge in [0.25, 0.3) is 5.91 Å². The Morgan fingerprint density at radius 3 is 2.96 bits per heavy atom. The summed E-state index contributed by atoms with van der Waals surface area (Å²) < 4.78 is 6.82. The highest BCUT2D eigenvalue weighted by atomic mass is 16.5. The topological polar surface area (TPSA) is 51.5 Å². The normalized spacial score (nSPS) is 22.3. The van der Waals surface area contributed by atoms with Gasteiger partial charge in [0, 0.05) is 24.6 Å². The monoisotopic (exact) mass is 334 g/mol. The number of hydrogen-bond donors (Lipinski definition) is 0. The molecule has 126 valence electrons. The van der Waals surface area contributed by atoms with E-state index < -0.39 is 5.41 Å². The average molecular weight is 334 g/mol. The molecule has 0 N–H and O–H groups in total. The molecule has 1 aromatic heterocycles. The summed E-state index contributed by atoms with van der Waals surface area (Å²) in [6.45, 7) is 1.58. The highest BCUT2D eigenvalue weighted by molar-refractivity contribution is 6.06. The van der Waals surface area contributed by atoms with E-state index in [0.29, 0.717) is 13.1 Å². The van der Waals surface area contributed by atoms with E-state index in [9.17, 15) is 9.59 Å². The molecule has 3 heterocycles. The minimum atomic E-state index is -1.02. The molecule has 0 spiro atoms. The van der Waals surface area contributed by atoms with Crippen LogP contribution < -0.4 is 0 Å². The van der Waals surface area contributed by atoms with Gasteiger partial charge in [-0.05, 0) is 18.1 Å². The van der Waals surface area contributed by atoms with E-state index in [1.54, 1.807) is 10.6 Å². The SMILES string of the molecule is C#CCN1CCc2c3n(c4ccccc24)C(=O)C=C[C@]3(C(=O)OC)C1. The number of carbonyl (C=O) groups is 2. The largest absolute Gasteiger partial charge is 0.468 e. The fourth-order valence-electron chi connectivity index (χ4n) is 4.13. The number of benzene rings is 1. The van der Waals surface area contributed by atoms with E-state index in [1.165, 1.54) is 13.2 Å². The molecule has 2 aliphatic heterocycles. The molecule has 5 nitrogen and oxygen atoms in total. The van der Waals surface area contributed by atoms with Gasteiger partial charge in [0.2, 0.25) is 0 Å². The number of methoxy groups -OCH3 is 1. The second kappa shape index (κ2) is 5.61. The molecule has 0 saturated heterocycles. The molecular weight excluding hydrogens is 316 g/mol.